The summed E-state index contributed by atoms with van der Waals surface area (Å²) in [5, 5.41) is 0. The number of imidazole rings is 1. The van der Waals surface area contributed by atoms with Gasteiger partial charge in [-0.2, -0.15) is 0 Å². The Hall–Kier alpha value is 0.520. The van der Waals surface area contributed by atoms with Crippen LogP contribution in [0, 0.1) is 23.7 Å². The maximum absolute atomic E-state index is 3.22. The molecule has 0 aliphatic rings. The Morgan fingerprint density at radius 2 is 1.09 bits per heavy atom. The molecule has 5 heteroatoms. The zero-order valence-corrected chi connectivity index (χ0v) is 27.4. The van der Waals surface area contributed by atoms with Crippen molar-refractivity contribution < 1.29 is 17.8 Å². The minimum atomic E-state index is 0.530. The molecule has 1 N–H and O–H groups in total. The van der Waals surface area contributed by atoms with Crippen molar-refractivity contribution >= 4 is 37.2 Å². The number of H-pyrrole nitrogens is 1. The van der Waals surface area contributed by atoms with Crippen molar-refractivity contribution in [2.75, 3.05) is 0 Å². The molecule has 1 heterocycles. The average molecular weight is 792 g/mol. The molecule has 190 valence electrons. The molecule has 0 atom stereocenters. The van der Waals surface area contributed by atoms with Gasteiger partial charge in [0, 0.05) is 12.8 Å². The van der Waals surface area contributed by atoms with Crippen molar-refractivity contribution in [1.29, 1.82) is 0 Å². The van der Waals surface area contributed by atoms with Crippen molar-refractivity contribution in [2.45, 2.75) is 135 Å². The molecular formula is C28H47I3N2. The quantitative estimate of drug-likeness (QED) is 0.0714. The molecule has 0 radical (unpaired) electrons. The van der Waals surface area contributed by atoms with Gasteiger partial charge in [-0.15, -0.1) is 0 Å². The second-order valence-corrected chi connectivity index (χ2v) is 24.9. The molecule has 2 nitrogen and oxygen atoms in total. The molecule has 33 heavy (non-hydrogen) atoms. The molecule has 0 aliphatic carbocycles. The molecule has 0 unspecified atom stereocenters. The average Bonchev–Trinajstić information content (AvgIpc) is 3.34. The molecule has 0 spiro atoms. The van der Waals surface area contributed by atoms with Crippen LogP contribution in [0.25, 0.3) is 0 Å². The third-order valence-electron chi connectivity index (χ3n) is 5.72. The van der Waals surface area contributed by atoms with Gasteiger partial charge in [0.1, 0.15) is 12.4 Å². The number of hydrogen-bond donors (Lipinski definition) is 1. The summed E-state index contributed by atoms with van der Waals surface area (Å²) in [7, 11) is 0. The van der Waals surface area contributed by atoms with Gasteiger partial charge in [-0.05, 0) is 37.5 Å². The van der Waals surface area contributed by atoms with E-state index in [4.69, 9.17) is 0 Å². The summed E-state index contributed by atoms with van der Waals surface area (Å²) in [4.78, 5) is 3.09. The summed E-state index contributed by atoms with van der Waals surface area (Å²) in [5.74, 6) is 12.5. The van der Waals surface area contributed by atoms with E-state index in [1.807, 2.05) is 12.5 Å². The van der Waals surface area contributed by atoms with Crippen LogP contribution < -0.4 is 17.8 Å². The summed E-state index contributed by atoms with van der Waals surface area (Å²) in [6.45, 7) is 3.42. The van der Waals surface area contributed by atoms with E-state index in [0.717, 1.165) is 19.4 Å². The van der Waals surface area contributed by atoms with Gasteiger partial charge in [-0.3, -0.25) is 4.98 Å². The van der Waals surface area contributed by atoms with Crippen LogP contribution in [0.2, 0.25) is 0 Å². The molecule has 1 aromatic rings. The maximum atomic E-state index is 3.22. The van der Waals surface area contributed by atoms with E-state index < -0.39 is 0 Å². The standard InChI is InChI=1S/C28H46N2.I3/c1-2-3-4-5-6-7-8-9-10-11-12-13-14-15-16-17-18-19-20-21-22-23-24-26-30-27-25-29-28-30;1-3-2/h25,27-28H,2-12,17-24,26H2,1H3;/q;-1/p+1. The molecule has 0 bridgehead atoms. The van der Waals surface area contributed by atoms with E-state index in [2.05, 4.69) is 83.6 Å². The Morgan fingerprint density at radius 1 is 0.667 bits per heavy atom. The predicted octanol–water partition coefficient (Wildman–Crippen LogP) is 6.52. The third kappa shape index (κ3) is 28.6. The van der Waals surface area contributed by atoms with Crippen LogP contribution in [-0.2, 0) is 6.54 Å². The molecule has 0 saturated carbocycles. The first-order valence-electron chi connectivity index (χ1n) is 13.2. The Kier molecular flexibility index (Phi) is 31.0. The molecule has 0 aromatic carbocycles. The number of hydrogen-bond acceptors (Lipinski definition) is 0. The van der Waals surface area contributed by atoms with Crippen LogP contribution in [0.15, 0.2) is 18.7 Å². The normalized spacial score (nSPS) is 10.0. The van der Waals surface area contributed by atoms with Gasteiger partial charge in [0.05, 0.1) is 6.54 Å². The van der Waals surface area contributed by atoms with Crippen LogP contribution in [0.3, 0.4) is 0 Å². The summed E-state index contributed by atoms with van der Waals surface area (Å²) in [5.41, 5.74) is 0. The molecule has 1 aromatic heterocycles. The number of aromatic nitrogens is 2. The summed E-state index contributed by atoms with van der Waals surface area (Å²) >= 11 is 5.30. The topological polar surface area (TPSA) is 19.7 Å². The van der Waals surface area contributed by atoms with Gasteiger partial charge >= 0.3 is 50.5 Å². The molecule has 0 amide bonds. The van der Waals surface area contributed by atoms with Crippen molar-refractivity contribution in [3.63, 3.8) is 0 Å². The van der Waals surface area contributed by atoms with Crippen molar-refractivity contribution in [2.24, 2.45) is 0 Å². The first-order chi connectivity index (χ1) is 16.3. The number of aromatic amines is 1. The summed E-state index contributed by atoms with van der Waals surface area (Å²) in [6.07, 6.45) is 31.2. The van der Waals surface area contributed by atoms with Gasteiger partial charge in [0.15, 0.2) is 0 Å². The molecule has 1 rings (SSSR count). The van der Waals surface area contributed by atoms with Gasteiger partial charge in [-0.25, -0.2) is 4.57 Å². The molecule has 0 aliphatic heterocycles. The number of unbranched alkanes of at least 4 members (excludes halogenated alkanes) is 17. The number of halogens is 3. The number of rotatable bonds is 19. The van der Waals surface area contributed by atoms with Gasteiger partial charge in [0.2, 0.25) is 6.33 Å². The van der Waals surface area contributed by atoms with E-state index in [9.17, 15) is 0 Å². The van der Waals surface area contributed by atoms with Crippen molar-refractivity contribution in [3.8, 4) is 23.7 Å². The number of nitrogens with one attached hydrogen (secondary N) is 1. The van der Waals surface area contributed by atoms with Crippen molar-refractivity contribution in [1.82, 2.24) is 4.98 Å². The number of aryl methyl sites for hydroxylation is 1. The monoisotopic (exact) mass is 792 g/mol. The van der Waals surface area contributed by atoms with E-state index >= 15 is 0 Å². The zero-order valence-electron chi connectivity index (χ0n) is 21.0. The fraction of sp³-hybridized carbons (Fsp3) is 0.750. The predicted molar refractivity (Wildman–Crippen MR) is 158 cm³/mol. The Labute approximate surface area is 235 Å². The van der Waals surface area contributed by atoms with E-state index in [-0.39, 0.29) is 0 Å². The van der Waals surface area contributed by atoms with Crippen LogP contribution in [-0.4, -0.2) is 4.98 Å². The van der Waals surface area contributed by atoms with E-state index in [1.165, 1.54) is 109 Å². The number of nitrogens with zero attached hydrogens (tertiary/aromatic N) is 1. The summed E-state index contributed by atoms with van der Waals surface area (Å²) in [6, 6.07) is 0. The zero-order chi connectivity index (χ0) is 24.1. The van der Waals surface area contributed by atoms with E-state index in [0.29, 0.717) is 13.3 Å². The van der Waals surface area contributed by atoms with Gasteiger partial charge < -0.3 is 0 Å². The fourth-order valence-corrected chi connectivity index (χ4v) is 3.77. The Bertz CT molecular complexity index is 609. The Morgan fingerprint density at radius 3 is 1.52 bits per heavy atom. The summed E-state index contributed by atoms with van der Waals surface area (Å²) < 4.78 is 2.22. The van der Waals surface area contributed by atoms with E-state index in [1.54, 1.807) is 0 Å². The third-order valence-corrected chi connectivity index (χ3v) is 5.72. The minimum absolute atomic E-state index is 0.530. The first kappa shape index (κ1) is 33.5. The van der Waals surface area contributed by atoms with Crippen LogP contribution in [0.1, 0.15) is 129 Å². The van der Waals surface area contributed by atoms with Gasteiger partial charge in [0.25, 0.3) is 0 Å². The first-order valence-corrected chi connectivity index (χ1v) is 25.8. The second-order valence-electron chi connectivity index (χ2n) is 8.66. The van der Waals surface area contributed by atoms with Crippen molar-refractivity contribution in [3.05, 3.63) is 18.7 Å². The van der Waals surface area contributed by atoms with Gasteiger partial charge in [-0.1, -0.05) is 102 Å². The molecule has 0 saturated heterocycles. The fourth-order valence-electron chi connectivity index (χ4n) is 3.77. The molecule has 0 fully saturated rings. The Balaban J connectivity index is 0.00000322. The van der Waals surface area contributed by atoms with Crippen LogP contribution in [0.5, 0.6) is 0 Å². The second kappa shape index (κ2) is 30.6. The van der Waals surface area contributed by atoms with Crippen LogP contribution in [0.4, 0.5) is 0 Å². The SMILES string of the molecule is CCCCCCCCCCCCC#CC#CCCCCCCCCC[n+]1cc[nH]c1.I[I-]I. The van der Waals surface area contributed by atoms with Crippen LogP contribution >= 0.6 is 37.2 Å². The molecular weight excluding hydrogens is 745 g/mol.